The first-order valence-electron chi connectivity index (χ1n) is 13.9. The predicted molar refractivity (Wildman–Crippen MR) is 149 cm³/mol. The maximum absolute atomic E-state index is 13.3. The molecule has 1 aliphatic rings. The maximum Gasteiger partial charge on any atom is 0.330 e. The van der Waals surface area contributed by atoms with Gasteiger partial charge in [0.05, 0.1) is 6.61 Å². The highest BCUT2D eigenvalue weighted by molar-refractivity contribution is 5.94. The van der Waals surface area contributed by atoms with Gasteiger partial charge in [-0.3, -0.25) is 28.8 Å². The average molecular weight is 581 g/mol. The van der Waals surface area contributed by atoms with Gasteiger partial charge in [0.2, 0.25) is 35.4 Å². The molecule has 6 amide bonds. The molecular weight excluding hydrogens is 536 g/mol. The largest absolute Gasteiger partial charge is 0.463 e. The molecule has 0 aromatic rings. The molecule has 1 fully saturated rings. The number of carbonyl (C=O) groups is 7. The summed E-state index contributed by atoms with van der Waals surface area (Å²) in [6.45, 7) is 6.92. The van der Waals surface area contributed by atoms with Crippen molar-refractivity contribution in [3.63, 3.8) is 0 Å². The van der Waals surface area contributed by atoms with Crippen LogP contribution in [0.15, 0.2) is 12.2 Å². The van der Waals surface area contributed by atoms with E-state index in [9.17, 15) is 33.6 Å². The molecule has 0 spiro atoms. The highest BCUT2D eigenvalue weighted by Crippen LogP contribution is 2.17. The lowest BCUT2D eigenvalue weighted by Gasteiger charge is -2.26. The Balaban J connectivity index is 2.94. The van der Waals surface area contributed by atoms with E-state index in [1.54, 1.807) is 6.92 Å². The van der Waals surface area contributed by atoms with Crippen molar-refractivity contribution in [3.8, 4) is 0 Å². The number of primary amides is 1. The second-order valence-corrected chi connectivity index (χ2v) is 9.87. The van der Waals surface area contributed by atoms with Gasteiger partial charge in [-0.15, -0.1) is 0 Å². The van der Waals surface area contributed by atoms with Crippen molar-refractivity contribution in [1.29, 1.82) is 0 Å². The fourth-order valence-electron chi connectivity index (χ4n) is 4.28. The molecule has 0 saturated carbocycles. The topological polar surface area (TPSA) is 206 Å². The Hall–Kier alpha value is -3.97. The number of rotatable bonds is 17. The van der Waals surface area contributed by atoms with Gasteiger partial charge in [0.1, 0.15) is 18.1 Å². The number of nitrogens with two attached hydrogens (primary N) is 1. The van der Waals surface area contributed by atoms with Crippen molar-refractivity contribution >= 4 is 41.4 Å². The zero-order chi connectivity index (χ0) is 30.9. The number of ether oxygens (including phenoxy) is 1. The lowest BCUT2D eigenvalue weighted by Crippen LogP contribution is -2.56. The number of esters is 1. The van der Waals surface area contributed by atoms with Crippen molar-refractivity contribution in [2.45, 2.75) is 96.8 Å². The van der Waals surface area contributed by atoms with E-state index in [1.807, 2.05) is 0 Å². The van der Waals surface area contributed by atoms with Crippen LogP contribution in [-0.2, 0) is 38.3 Å². The smallest absolute Gasteiger partial charge is 0.330 e. The number of likely N-dealkylation sites (tertiary alicyclic amines) is 1. The monoisotopic (exact) mass is 580 g/mol. The van der Waals surface area contributed by atoms with Crippen LogP contribution < -0.4 is 27.0 Å². The standard InChI is InChI=1S/C27H44N6O8/c1-5-41-24(37)14-12-20(11-13-23(28)36)31-26(39)21(9-6-7-15-29-18(3)34)32-25(38)17(2)30-27(40)22-10-8-16-33(22)19(4)35/h12,14,17,20-22H,5-11,13,15-16H2,1-4H3,(H2,28,36)(H,29,34)(H,30,40)(H,31,39)(H,32,38)/b14-12+/t17-,20-,21-,22-/m0/s1. The van der Waals surface area contributed by atoms with E-state index >= 15 is 0 Å². The van der Waals surface area contributed by atoms with E-state index in [2.05, 4.69) is 21.3 Å². The Labute approximate surface area is 240 Å². The molecule has 0 aliphatic carbocycles. The molecule has 1 saturated heterocycles. The summed E-state index contributed by atoms with van der Waals surface area (Å²) in [5.41, 5.74) is 5.25. The Morgan fingerprint density at radius 1 is 1.00 bits per heavy atom. The maximum atomic E-state index is 13.3. The Morgan fingerprint density at radius 3 is 2.32 bits per heavy atom. The van der Waals surface area contributed by atoms with Crippen LogP contribution in [0.5, 0.6) is 0 Å². The first kappa shape index (κ1) is 35.1. The molecular formula is C27H44N6O8. The lowest BCUT2D eigenvalue weighted by atomic mass is 10.1. The Kier molecular flexibility index (Phi) is 15.7. The van der Waals surface area contributed by atoms with Gasteiger partial charge >= 0.3 is 5.97 Å². The van der Waals surface area contributed by atoms with Gasteiger partial charge in [0.15, 0.2) is 0 Å². The van der Waals surface area contributed by atoms with Crippen LogP contribution in [0.3, 0.4) is 0 Å². The molecule has 1 heterocycles. The van der Waals surface area contributed by atoms with Gasteiger partial charge in [-0.05, 0) is 52.4 Å². The van der Waals surface area contributed by atoms with Crippen LogP contribution in [0.1, 0.15) is 72.6 Å². The van der Waals surface area contributed by atoms with Gasteiger partial charge in [-0.2, -0.15) is 0 Å². The Morgan fingerprint density at radius 2 is 1.71 bits per heavy atom. The van der Waals surface area contributed by atoms with Crippen LogP contribution in [-0.4, -0.2) is 90.2 Å². The molecule has 0 unspecified atom stereocenters. The molecule has 1 rings (SSSR count). The summed E-state index contributed by atoms with van der Waals surface area (Å²) in [6.07, 6.45) is 4.98. The number of nitrogens with zero attached hydrogens (tertiary/aromatic N) is 1. The zero-order valence-electron chi connectivity index (χ0n) is 24.3. The van der Waals surface area contributed by atoms with Crippen molar-refractivity contribution in [2.24, 2.45) is 5.73 Å². The third-order valence-corrected chi connectivity index (χ3v) is 6.42. The summed E-state index contributed by atoms with van der Waals surface area (Å²) >= 11 is 0. The van der Waals surface area contributed by atoms with E-state index in [4.69, 9.17) is 10.5 Å². The average Bonchev–Trinajstić information content (AvgIpc) is 3.39. The molecule has 4 atom stereocenters. The number of amides is 6. The van der Waals surface area contributed by atoms with Gasteiger partial charge in [0.25, 0.3) is 0 Å². The van der Waals surface area contributed by atoms with Crippen LogP contribution in [0.2, 0.25) is 0 Å². The molecule has 41 heavy (non-hydrogen) atoms. The number of hydrogen-bond donors (Lipinski definition) is 5. The molecule has 230 valence electrons. The summed E-state index contributed by atoms with van der Waals surface area (Å²) in [5.74, 6) is -3.25. The lowest BCUT2D eigenvalue weighted by molar-refractivity contribution is -0.138. The van der Waals surface area contributed by atoms with Gasteiger partial charge in [-0.1, -0.05) is 6.08 Å². The van der Waals surface area contributed by atoms with E-state index in [0.717, 1.165) is 6.08 Å². The first-order valence-corrected chi connectivity index (χ1v) is 13.9. The molecule has 14 heteroatoms. The quantitative estimate of drug-likeness (QED) is 0.0831. The minimum Gasteiger partial charge on any atom is -0.463 e. The van der Waals surface area contributed by atoms with E-state index in [1.165, 1.54) is 31.7 Å². The molecule has 0 aromatic carbocycles. The third kappa shape index (κ3) is 13.8. The predicted octanol–water partition coefficient (Wildman–Crippen LogP) is -0.837. The fraction of sp³-hybridized carbons (Fsp3) is 0.667. The first-order chi connectivity index (χ1) is 19.3. The minimum absolute atomic E-state index is 0.0621. The number of nitrogens with one attached hydrogen (secondary N) is 4. The highest BCUT2D eigenvalue weighted by Gasteiger charge is 2.34. The summed E-state index contributed by atoms with van der Waals surface area (Å²) in [4.78, 5) is 86.5. The van der Waals surface area contributed by atoms with Crippen LogP contribution in [0, 0.1) is 0 Å². The number of carbonyl (C=O) groups excluding carboxylic acids is 7. The number of hydrogen-bond acceptors (Lipinski definition) is 8. The molecule has 14 nitrogen and oxygen atoms in total. The second-order valence-electron chi connectivity index (χ2n) is 9.87. The second kappa shape index (κ2) is 18.4. The van der Waals surface area contributed by atoms with Crippen molar-refractivity contribution in [1.82, 2.24) is 26.2 Å². The fourth-order valence-corrected chi connectivity index (χ4v) is 4.28. The summed E-state index contributed by atoms with van der Waals surface area (Å²) in [6, 6.07) is -3.43. The molecule has 0 radical (unpaired) electrons. The van der Waals surface area contributed by atoms with Crippen molar-refractivity contribution in [2.75, 3.05) is 19.7 Å². The van der Waals surface area contributed by atoms with Gasteiger partial charge < -0.3 is 36.6 Å². The van der Waals surface area contributed by atoms with Crippen molar-refractivity contribution in [3.05, 3.63) is 12.2 Å². The normalized spacial score (nSPS) is 16.8. The molecule has 6 N–H and O–H groups in total. The zero-order valence-corrected chi connectivity index (χ0v) is 24.3. The van der Waals surface area contributed by atoms with Gasteiger partial charge in [-0.25, -0.2) is 4.79 Å². The summed E-state index contributed by atoms with van der Waals surface area (Å²) < 4.78 is 4.86. The van der Waals surface area contributed by atoms with Crippen LogP contribution >= 0.6 is 0 Å². The van der Waals surface area contributed by atoms with Gasteiger partial charge in [0, 0.05) is 45.5 Å². The number of unbranched alkanes of at least 4 members (excludes halogenated alkanes) is 1. The summed E-state index contributed by atoms with van der Waals surface area (Å²) in [7, 11) is 0. The highest BCUT2D eigenvalue weighted by atomic mass is 16.5. The van der Waals surface area contributed by atoms with Crippen LogP contribution in [0.4, 0.5) is 0 Å². The van der Waals surface area contributed by atoms with Crippen LogP contribution in [0.25, 0.3) is 0 Å². The molecule has 0 aromatic heterocycles. The van der Waals surface area contributed by atoms with Crippen molar-refractivity contribution < 1.29 is 38.3 Å². The van der Waals surface area contributed by atoms with E-state index in [-0.39, 0.29) is 37.7 Å². The summed E-state index contributed by atoms with van der Waals surface area (Å²) in [5, 5.41) is 10.7. The third-order valence-electron chi connectivity index (χ3n) is 6.42. The molecule has 0 bridgehead atoms. The van der Waals surface area contributed by atoms with E-state index in [0.29, 0.717) is 38.8 Å². The minimum atomic E-state index is -1.02. The SMILES string of the molecule is CCOC(=O)/C=C/[C@H](CCC(N)=O)NC(=O)[C@H](CCCCNC(C)=O)NC(=O)[C@H](C)NC(=O)[C@@H]1CCCN1C(C)=O. The molecule has 1 aliphatic heterocycles. The van der Waals surface area contributed by atoms with E-state index < -0.39 is 53.8 Å². The Bertz CT molecular complexity index is 985.